The molecule has 73 heavy (non-hydrogen) atoms. The maximum absolute atomic E-state index is 4.36. The standard InChI is InChI=1S/C13H15N.C11H14N2.2C11H13NS.C9H13N.C8H12N2/c1-13(2,3)11-8-9-14-12-7-5-4-6-10(11)12;1-11(2,3)9-8-12-13-7-5-4-6-10(9)13;1-11(2,3)9-4-6-12-10-8(9)5-7-13-10;1-11(2,3)8-4-6-12-9-5-7-13-10(8)9;1-9(2,3)8-4-6-10-7-5-8;1-8(2,3)7-4-5-9-6-10-7/h4-9H,1-3H3;4-8H,1-3H3;2*4-7H,1-3H3;4-7H,1-3H3;4-6H,1-3H3. The lowest BCUT2D eigenvalue weighted by Gasteiger charge is -2.20. The van der Waals surface area contributed by atoms with E-state index in [2.05, 4.69) is 237 Å². The van der Waals surface area contributed by atoms with E-state index < -0.39 is 0 Å². The predicted molar refractivity (Wildman–Crippen MR) is 315 cm³/mol. The number of hydrogen-bond donors (Lipinski definition) is 0. The summed E-state index contributed by atoms with van der Waals surface area (Å²) in [5, 5.41) is 11.1. The lowest BCUT2D eigenvalue weighted by atomic mass is 9.85. The number of fused-ring (bicyclic) bond motifs is 4. The fourth-order valence-corrected chi connectivity index (χ4v) is 9.68. The van der Waals surface area contributed by atoms with Crippen LogP contribution in [0.1, 0.15) is 158 Å². The molecule has 0 fully saturated rings. The van der Waals surface area contributed by atoms with E-state index in [9.17, 15) is 0 Å². The molecule has 0 radical (unpaired) electrons. The zero-order valence-corrected chi connectivity index (χ0v) is 48.5. The van der Waals surface area contributed by atoms with E-state index in [-0.39, 0.29) is 32.5 Å². The van der Waals surface area contributed by atoms with Gasteiger partial charge in [-0.25, -0.2) is 19.5 Å². The van der Waals surface area contributed by atoms with E-state index in [1.54, 1.807) is 35.2 Å². The molecule has 10 rings (SSSR count). The molecule has 0 bridgehead atoms. The molecule has 0 aliphatic heterocycles. The summed E-state index contributed by atoms with van der Waals surface area (Å²) in [4.78, 5) is 26.1. The van der Waals surface area contributed by atoms with E-state index in [1.807, 2.05) is 72.2 Å². The fraction of sp³-hybridized carbons (Fsp3) is 0.381. The predicted octanol–water partition coefficient (Wildman–Crippen LogP) is 17.5. The number of thiophene rings is 2. The summed E-state index contributed by atoms with van der Waals surface area (Å²) in [7, 11) is 0. The second-order valence-electron chi connectivity index (χ2n) is 24.3. The van der Waals surface area contributed by atoms with Crippen molar-refractivity contribution in [3.8, 4) is 0 Å². The van der Waals surface area contributed by atoms with Crippen molar-refractivity contribution >= 4 is 59.5 Å². The van der Waals surface area contributed by atoms with Gasteiger partial charge in [-0.2, -0.15) is 5.10 Å². The van der Waals surface area contributed by atoms with Crippen LogP contribution in [0.4, 0.5) is 0 Å². The summed E-state index contributed by atoms with van der Waals surface area (Å²) in [6.07, 6.45) is 16.6. The molecule has 0 spiro atoms. The third kappa shape index (κ3) is 16.6. The third-order valence-corrected chi connectivity index (χ3v) is 13.7. The van der Waals surface area contributed by atoms with Crippen LogP contribution in [-0.4, -0.2) is 39.5 Å². The van der Waals surface area contributed by atoms with Crippen LogP contribution in [-0.2, 0) is 32.5 Å². The molecular weight excluding hydrogens is 933 g/mol. The molecule has 0 saturated carbocycles. The number of pyridine rings is 5. The first-order valence-corrected chi connectivity index (χ1v) is 26.9. The van der Waals surface area contributed by atoms with Crippen molar-refractivity contribution in [2.45, 2.75) is 157 Å². The van der Waals surface area contributed by atoms with E-state index >= 15 is 0 Å². The minimum absolute atomic E-state index is 0.142. The van der Waals surface area contributed by atoms with Gasteiger partial charge in [-0.15, -0.1) is 22.7 Å². The maximum Gasteiger partial charge on any atom is 0.123 e. The van der Waals surface area contributed by atoms with Crippen molar-refractivity contribution < 1.29 is 0 Å². The molecule has 0 unspecified atom stereocenters. The number of para-hydroxylation sites is 1. The van der Waals surface area contributed by atoms with Gasteiger partial charge in [0.1, 0.15) is 11.2 Å². The van der Waals surface area contributed by atoms with Crippen LogP contribution >= 0.6 is 22.7 Å². The lowest BCUT2D eigenvalue weighted by molar-refractivity contribution is 0.567. The van der Waals surface area contributed by atoms with Crippen LogP contribution in [0.2, 0.25) is 0 Å². The van der Waals surface area contributed by atoms with Gasteiger partial charge in [0.25, 0.3) is 0 Å². The summed E-state index contributed by atoms with van der Waals surface area (Å²) in [5.41, 5.74) is 12.5. The Bertz CT molecular complexity index is 3090. The van der Waals surface area contributed by atoms with Crippen LogP contribution in [0.15, 0.2) is 158 Å². The molecule has 0 aliphatic rings. The fourth-order valence-electron chi connectivity index (χ4n) is 7.84. The normalized spacial score (nSPS) is 12.0. The Labute approximate surface area is 444 Å². The quantitative estimate of drug-likeness (QED) is 0.149. The van der Waals surface area contributed by atoms with Gasteiger partial charge >= 0.3 is 0 Å². The molecule has 384 valence electrons. The molecule has 9 heterocycles. The molecule has 0 atom stereocenters. The van der Waals surface area contributed by atoms with Gasteiger partial charge in [0.05, 0.1) is 27.4 Å². The minimum atomic E-state index is 0.142. The Balaban J connectivity index is 0.000000163. The van der Waals surface area contributed by atoms with Crippen LogP contribution in [0.5, 0.6) is 0 Å². The number of nitrogens with zero attached hydrogens (tertiary/aromatic N) is 8. The van der Waals surface area contributed by atoms with E-state index in [1.165, 1.54) is 48.8 Å². The van der Waals surface area contributed by atoms with Gasteiger partial charge < -0.3 is 0 Å². The Morgan fingerprint density at radius 3 is 1.51 bits per heavy atom. The molecule has 0 saturated heterocycles. The summed E-state index contributed by atoms with van der Waals surface area (Å²) < 4.78 is 3.25. The number of hydrogen-bond acceptors (Lipinski definition) is 9. The van der Waals surface area contributed by atoms with E-state index in [0.717, 1.165) is 21.6 Å². The van der Waals surface area contributed by atoms with Gasteiger partial charge in [0, 0.05) is 70.8 Å². The molecule has 0 amide bonds. The summed E-state index contributed by atoms with van der Waals surface area (Å²) in [6.45, 7) is 39.7. The number of benzene rings is 1. The second-order valence-corrected chi connectivity index (χ2v) is 26.1. The summed E-state index contributed by atoms with van der Waals surface area (Å²) in [5.74, 6) is 0. The Morgan fingerprint density at radius 1 is 0.397 bits per heavy atom. The SMILES string of the molecule is CC(C)(C)c1ccnc2ccccc12.CC(C)(C)c1ccnc2ccsc12.CC(C)(C)c1ccnc2sccc12.CC(C)(C)c1ccncc1.CC(C)(C)c1ccncn1.CC(C)(C)c1cnn2ccccc12. The van der Waals surface area contributed by atoms with Crippen LogP contribution in [0.3, 0.4) is 0 Å². The lowest BCUT2D eigenvalue weighted by Crippen LogP contribution is -2.12. The first kappa shape index (κ1) is 57.7. The molecule has 10 aromatic rings. The second kappa shape index (κ2) is 24.2. The minimum Gasteiger partial charge on any atom is -0.265 e. The zero-order valence-electron chi connectivity index (χ0n) is 46.9. The molecule has 1 aromatic carbocycles. The monoisotopic (exact) mass is 1010 g/mol. The average Bonchev–Trinajstić information content (AvgIpc) is 4.12. The summed E-state index contributed by atoms with van der Waals surface area (Å²) >= 11 is 3.48. The third-order valence-electron chi connectivity index (χ3n) is 11.9. The molecule has 9 aromatic heterocycles. The Kier molecular flexibility index (Phi) is 19.1. The van der Waals surface area contributed by atoms with Crippen molar-refractivity contribution in [1.29, 1.82) is 0 Å². The van der Waals surface area contributed by atoms with Crippen LogP contribution in [0.25, 0.3) is 36.9 Å². The molecule has 10 heteroatoms. The van der Waals surface area contributed by atoms with Gasteiger partial charge in [-0.05, 0) is 127 Å². The van der Waals surface area contributed by atoms with Gasteiger partial charge in [-0.1, -0.05) is 149 Å². The topological polar surface area (TPSA) is 94.6 Å². The van der Waals surface area contributed by atoms with Gasteiger partial charge in [0.15, 0.2) is 0 Å². The van der Waals surface area contributed by atoms with Crippen molar-refractivity contribution in [2.75, 3.05) is 0 Å². The smallest absolute Gasteiger partial charge is 0.123 e. The number of rotatable bonds is 0. The average molecular weight is 1010 g/mol. The van der Waals surface area contributed by atoms with Crippen molar-refractivity contribution in [1.82, 2.24) is 39.5 Å². The Hall–Kier alpha value is -6.23. The molecule has 0 N–H and O–H groups in total. The highest BCUT2D eigenvalue weighted by Gasteiger charge is 2.20. The highest BCUT2D eigenvalue weighted by Crippen LogP contribution is 2.33. The highest BCUT2D eigenvalue weighted by molar-refractivity contribution is 7.17. The first-order chi connectivity index (χ1) is 34.1. The largest absolute Gasteiger partial charge is 0.265 e. The van der Waals surface area contributed by atoms with E-state index in [0.29, 0.717) is 0 Å². The Morgan fingerprint density at radius 2 is 0.945 bits per heavy atom. The molecule has 0 aliphatic carbocycles. The van der Waals surface area contributed by atoms with Crippen molar-refractivity contribution in [3.63, 3.8) is 0 Å². The van der Waals surface area contributed by atoms with Crippen LogP contribution < -0.4 is 0 Å². The highest BCUT2D eigenvalue weighted by atomic mass is 32.1. The molecule has 8 nitrogen and oxygen atoms in total. The van der Waals surface area contributed by atoms with Gasteiger partial charge in [0.2, 0.25) is 0 Å². The summed E-state index contributed by atoms with van der Waals surface area (Å²) in [6, 6.07) is 31.1. The van der Waals surface area contributed by atoms with E-state index in [4.69, 9.17) is 0 Å². The van der Waals surface area contributed by atoms with Crippen molar-refractivity contribution in [2.24, 2.45) is 0 Å². The number of aromatic nitrogens is 8. The van der Waals surface area contributed by atoms with Crippen LogP contribution in [0, 0.1) is 0 Å². The molecular formula is C63H80N8S2. The van der Waals surface area contributed by atoms with Gasteiger partial charge in [-0.3, -0.25) is 15.0 Å². The van der Waals surface area contributed by atoms with Crippen molar-refractivity contribution in [3.05, 3.63) is 191 Å². The maximum atomic E-state index is 4.36. The first-order valence-electron chi connectivity index (χ1n) is 25.2. The zero-order chi connectivity index (χ0) is 53.8.